The predicted molar refractivity (Wildman–Crippen MR) is 32.6 cm³/mol. The van der Waals surface area contributed by atoms with Crippen LogP contribution in [0.3, 0.4) is 0 Å². The van der Waals surface area contributed by atoms with Gasteiger partial charge in [0, 0.05) is 11.8 Å². The highest BCUT2D eigenvalue weighted by Crippen LogP contribution is 2.13. The second-order valence-corrected chi connectivity index (χ2v) is 1.96. The molecule has 0 aliphatic carbocycles. The molecule has 0 spiro atoms. The molecule has 56 valence electrons. The molecule has 3 nitrogen and oxygen atoms in total. The Morgan fingerprint density at radius 3 is 2.50 bits per heavy atom. The summed E-state index contributed by atoms with van der Waals surface area (Å²) in [6, 6.07) is 0. The van der Waals surface area contributed by atoms with Crippen LogP contribution in [0.25, 0.3) is 0 Å². The molecule has 1 rings (SSSR count). The molecule has 0 atom stereocenters. The van der Waals surface area contributed by atoms with Gasteiger partial charge in [0.15, 0.2) is 0 Å². The molecule has 0 unspecified atom stereocenters. The van der Waals surface area contributed by atoms with Crippen molar-refractivity contribution < 1.29 is 8.78 Å². The van der Waals surface area contributed by atoms with Crippen molar-refractivity contribution in [2.24, 2.45) is 0 Å². The summed E-state index contributed by atoms with van der Waals surface area (Å²) in [4.78, 5) is 0. The van der Waals surface area contributed by atoms with Crippen molar-refractivity contribution >= 4 is 5.82 Å². The van der Waals surface area contributed by atoms with Crippen LogP contribution in [0.1, 0.15) is 12.1 Å². The van der Waals surface area contributed by atoms with Gasteiger partial charge in [-0.05, 0) is 6.92 Å². The minimum Gasteiger partial charge on any atom is -0.382 e. The Labute approximate surface area is 56.4 Å². The van der Waals surface area contributed by atoms with E-state index in [1.54, 1.807) is 6.92 Å². The van der Waals surface area contributed by atoms with Crippen LogP contribution in [0.2, 0.25) is 0 Å². The second-order valence-electron chi connectivity index (χ2n) is 1.96. The molecular weight excluding hydrogens is 140 g/mol. The van der Waals surface area contributed by atoms with Gasteiger partial charge in [-0.25, -0.2) is 4.68 Å². The molecule has 1 aromatic rings. The van der Waals surface area contributed by atoms with Gasteiger partial charge in [-0.15, -0.1) is 0 Å². The zero-order valence-electron chi connectivity index (χ0n) is 5.38. The summed E-state index contributed by atoms with van der Waals surface area (Å²) < 4.78 is 24.1. The molecule has 0 aromatic carbocycles. The van der Waals surface area contributed by atoms with E-state index in [0.29, 0.717) is 10.2 Å². The highest BCUT2D eigenvalue weighted by molar-refractivity contribution is 5.35. The first-order valence-electron chi connectivity index (χ1n) is 2.70. The minimum absolute atomic E-state index is 0.153. The molecule has 1 aromatic heterocycles. The Bertz CT molecular complexity index is 211. The van der Waals surface area contributed by atoms with Gasteiger partial charge in [0.1, 0.15) is 5.82 Å². The fourth-order valence-corrected chi connectivity index (χ4v) is 0.597. The molecule has 0 radical (unpaired) electrons. The Kier molecular flexibility index (Phi) is 1.57. The molecule has 2 N–H and O–H groups in total. The smallest absolute Gasteiger partial charge is 0.333 e. The van der Waals surface area contributed by atoms with E-state index < -0.39 is 6.55 Å². The zero-order valence-corrected chi connectivity index (χ0v) is 5.38. The summed E-state index contributed by atoms with van der Waals surface area (Å²) in [5.41, 5.74) is 5.78. The van der Waals surface area contributed by atoms with E-state index in [4.69, 9.17) is 5.73 Å². The highest BCUT2D eigenvalue weighted by atomic mass is 19.3. The first kappa shape index (κ1) is 6.98. The van der Waals surface area contributed by atoms with Gasteiger partial charge < -0.3 is 5.73 Å². The van der Waals surface area contributed by atoms with Gasteiger partial charge in [-0.2, -0.15) is 13.9 Å². The lowest BCUT2D eigenvalue weighted by atomic mass is 10.4. The lowest BCUT2D eigenvalue weighted by Gasteiger charge is -1.94. The molecule has 0 amide bonds. The van der Waals surface area contributed by atoms with Crippen LogP contribution in [0.5, 0.6) is 0 Å². The van der Waals surface area contributed by atoms with E-state index in [-0.39, 0.29) is 5.82 Å². The number of hydrogen-bond acceptors (Lipinski definition) is 2. The normalized spacial score (nSPS) is 10.8. The van der Waals surface area contributed by atoms with Crippen molar-refractivity contribution in [3.63, 3.8) is 0 Å². The van der Waals surface area contributed by atoms with Crippen molar-refractivity contribution in [3.8, 4) is 0 Å². The molecule has 0 saturated carbocycles. The number of alkyl halides is 2. The quantitative estimate of drug-likeness (QED) is 0.647. The molecule has 5 heteroatoms. The minimum atomic E-state index is -2.60. The lowest BCUT2D eigenvalue weighted by Crippen LogP contribution is -1.98. The van der Waals surface area contributed by atoms with Crippen LogP contribution in [0.15, 0.2) is 6.20 Å². The topological polar surface area (TPSA) is 43.8 Å². The van der Waals surface area contributed by atoms with Gasteiger partial charge in [-0.1, -0.05) is 0 Å². The van der Waals surface area contributed by atoms with Gasteiger partial charge in [0.2, 0.25) is 0 Å². The van der Waals surface area contributed by atoms with Gasteiger partial charge in [-0.3, -0.25) is 0 Å². The first-order chi connectivity index (χ1) is 4.61. The molecule has 10 heavy (non-hydrogen) atoms. The Morgan fingerprint density at radius 1 is 1.70 bits per heavy atom. The summed E-state index contributed by atoms with van der Waals surface area (Å²) in [5, 5.41) is 3.35. The van der Waals surface area contributed by atoms with Crippen LogP contribution in [0.4, 0.5) is 14.6 Å². The third-order valence-electron chi connectivity index (χ3n) is 1.15. The maximum absolute atomic E-state index is 11.8. The van der Waals surface area contributed by atoms with E-state index in [0.717, 1.165) is 0 Å². The SMILES string of the molecule is Cc1cn(C(F)F)nc1N. The van der Waals surface area contributed by atoms with E-state index in [9.17, 15) is 8.78 Å². The van der Waals surface area contributed by atoms with Crippen molar-refractivity contribution in [1.29, 1.82) is 0 Å². The number of hydrogen-bond donors (Lipinski definition) is 1. The van der Waals surface area contributed by atoms with Crippen molar-refractivity contribution in [3.05, 3.63) is 11.8 Å². The maximum atomic E-state index is 11.8. The Morgan fingerprint density at radius 2 is 2.30 bits per heavy atom. The summed E-state index contributed by atoms with van der Waals surface area (Å²) in [6.45, 7) is -0.975. The van der Waals surface area contributed by atoms with E-state index in [2.05, 4.69) is 5.10 Å². The van der Waals surface area contributed by atoms with Gasteiger partial charge >= 0.3 is 6.55 Å². The molecule has 1 heterocycles. The molecule has 0 aliphatic heterocycles. The average Bonchev–Trinajstić information content (AvgIpc) is 2.13. The number of aryl methyl sites for hydroxylation is 1. The summed E-state index contributed by atoms with van der Waals surface area (Å²) in [5.74, 6) is 0.153. The molecule has 0 bridgehead atoms. The van der Waals surface area contributed by atoms with Crippen LogP contribution < -0.4 is 5.73 Å². The number of anilines is 1. The van der Waals surface area contributed by atoms with Gasteiger partial charge in [0.05, 0.1) is 0 Å². The molecular formula is C5H7F2N3. The van der Waals surface area contributed by atoms with Crippen LogP contribution in [-0.4, -0.2) is 9.78 Å². The van der Waals surface area contributed by atoms with E-state index >= 15 is 0 Å². The highest BCUT2D eigenvalue weighted by Gasteiger charge is 2.07. The first-order valence-corrected chi connectivity index (χ1v) is 2.70. The Hall–Kier alpha value is -1.13. The lowest BCUT2D eigenvalue weighted by molar-refractivity contribution is 0.0568. The number of nitrogens with zero attached hydrogens (tertiary/aromatic N) is 2. The fourth-order valence-electron chi connectivity index (χ4n) is 0.597. The maximum Gasteiger partial charge on any atom is 0.333 e. The number of aromatic nitrogens is 2. The van der Waals surface area contributed by atoms with Crippen molar-refractivity contribution in [1.82, 2.24) is 9.78 Å². The average molecular weight is 147 g/mol. The van der Waals surface area contributed by atoms with Crippen LogP contribution >= 0.6 is 0 Å². The van der Waals surface area contributed by atoms with Crippen molar-refractivity contribution in [2.45, 2.75) is 13.5 Å². The summed E-state index contributed by atoms with van der Waals surface area (Å²) in [7, 11) is 0. The van der Waals surface area contributed by atoms with E-state index in [1.807, 2.05) is 0 Å². The van der Waals surface area contributed by atoms with Crippen molar-refractivity contribution in [2.75, 3.05) is 5.73 Å². The number of nitrogen functional groups attached to an aromatic ring is 1. The third kappa shape index (κ3) is 1.07. The number of rotatable bonds is 1. The summed E-state index contributed by atoms with van der Waals surface area (Å²) >= 11 is 0. The number of halogens is 2. The largest absolute Gasteiger partial charge is 0.382 e. The Balaban J connectivity index is 2.98. The van der Waals surface area contributed by atoms with Crippen LogP contribution in [-0.2, 0) is 0 Å². The summed E-state index contributed by atoms with van der Waals surface area (Å²) in [6.07, 6.45) is 1.21. The molecule has 0 fully saturated rings. The monoisotopic (exact) mass is 147 g/mol. The molecule has 0 saturated heterocycles. The van der Waals surface area contributed by atoms with Crippen LogP contribution in [0, 0.1) is 6.92 Å². The second kappa shape index (κ2) is 2.24. The predicted octanol–water partition coefficient (Wildman–Crippen LogP) is 1.17. The fraction of sp³-hybridized carbons (Fsp3) is 0.400. The number of nitrogens with two attached hydrogens (primary N) is 1. The van der Waals surface area contributed by atoms with Gasteiger partial charge in [0.25, 0.3) is 0 Å². The third-order valence-corrected chi connectivity index (χ3v) is 1.15. The zero-order chi connectivity index (χ0) is 7.72. The standard InChI is InChI=1S/C5H7F2N3/c1-3-2-10(5(6)7)9-4(3)8/h2,5H,1H3,(H2,8,9). The molecule has 0 aliphatic rings. The van der Waals surface area contributed by atoms with E-state index in [1.165, 1.54) is 6.20 Å².